The highest BCUT2D eigenvalue weighted by atomic mass is 19.1. The van der Waals surface area contributed by atoms with Crippen LogP contribution in [0.25, 0.3) is 0 Å². The van der Waals surface area contributed by atoms with E-state index in [1.54, 1.807) is 6.92 Å². The van der Waals surface area contributed by atoms with Gasteiger partial charge in [0.15, 0.2) is 5.67 Å². The van der Waals surface area contributed by atoms with Crippen LogP contribution in [0, 0.1) is 18.3 Å². The van der Waals surface area contributed by atoms with Gasteiger partial charge in [-0.25, -0.2) is 4.39 Å². The highest BCUT2D eigenvalue weighted by Crippen LogP contribution is 2.37. The molecule has 4 heteroatoms. The molecule has 0 aliphatic carbocycles. The average molecular weight is 168 g/mol. The van der Waals surface area contributed by atoms with Gasteiger partial charge in [-0.1, -0.05) is 12.8 Å². The lowest BCUT2D eigenvalue weighted by atomic mass is 9.78. The number of aliphatic hydroxyl groups is 1. The number of rotatable bonds is 1. The summed E-state index contributed by atoms with van der Waals surface area (Å²) in [6, 6.07) is -1.13. The molecule has 2 radical (unpaired) electrons. The zero-order valence-corrected chi connectivity index (χ0v) is 6.83. The lowest BCUT2D eigenvalue weighted by Crippen LogP contribution is -2.37. The molecule has 4 atom stereocenters. The molecular weight excluding hydrogens is 158 g/mol. The van der Waals surface area contributed by atoms with Crippen molar-refractivity contribution in [2.24, 2.45) is 5.92 Å². The van der Waals surface area contributed by atoms with Crippen molar-refractivity contribution < 1.29 is 14.2 Å². The summed E-state index contributed by atoms with van der Waals surface area (Å²) in [5, 5.41) is 8.77. The molecule has 1 rings (SSSR count). The molecule has 1 aliphatic heterocycles. The van der Waals surface area contributed by atoms with Crippen molar-refractivity contribution in [1.29, 1.82) is 0 Å². The summed E-state index contributed by atoms with van der Waals surface area (Å²) < 4.78 is 18.6. The molecule has 0 aromatic heterocycles. The van der Waals surface area contributed by atoms with Crippen LogP contribution >= 0.6 is 0 Å². The predicted octanol–water partition coefficient (Wildman–Crippen LogP) is -0.150. The molecule has 0 aromatic rings. The Kier molecular flexibility index (Phi) is 2.45. The minimum Gasteiger partial charge on any atom is -0.394 e. The molecule has 12 heavy (non-hydrogen) atoms. The van der Waals surface area contributed by atoms with Crippen LogP contribution in [0.4, 0.5) is 4.39 Å². The molecule has 0 aromatic carbocycles. The van der Waals surface area contributed by atoms with Gasteiger partial charge in [-0.2, -0.15) is 0 Å². The molecule has 0 saturated carbocycles. The topological polar surface area (TPSA) is 29.5 Å². The van der Waals surface area contributed by atoms with Gasteiger partial charge in [-0.3, -0.25) is 0 Å². The molecule has 0 unspecified atom stereocenters. The van der Waals surface area contributed by atoms with Gasteiger partial charge in [-0.15, -0.1) is 6.42 Å². The monoisotopic (exact) mass is 168 g/mol. The maximum Gasteiger partial charge on any atom is 0.192 e. The maximum absolute atomic E-state index is 13.7. The Labute approximate surface area is 72.5 Å². The molecule has 1 fully saturated rings. The van der Waals surface area contributed by atoms with Crippen LogP contribution in [-0.2, 0) is 4.74 Å². The van der Waals surface area contributed by atoms with Gasteiger partial charge in [0.25, 0.3) is 0 Å². The minimum atomic E-state index is -1.95. The Morgan fingerprint density at radius 3 is 2.67 bits per heavy atom. The van der Waals surface area contributed by atoms with Crippen molar-refractivity contribution in [3.8, 4) is 12.3 Å². The van der Waals surface area contributed by atoms with Crippen LogP contribution in [0.15, 0.2) is 0 Å². The molecule has 1 saturated heterocycles. The van der Waals surface area contributed by atoms with E-state index in [1.807, 2.05) is 5.92 Å². The van der Waals surface area contributed by atoms with E-state index >= 15 is 0 Å². The van der Waals surface area contributed by atoms with Gasteiger partial charge in [0.1, 0.15) is 7.85 Å². The van der Waals surface area contributed by atoms with Crippen molar-refractivity contribution in [3.05, 3.63) is 0 Å². The number of aliphatic hydroxyl groups excluding tert-OH is 1. The summed E-state index contributed by atoms with van der Waals surface area (Å²) in [4.78, 5) is 0. The van der Waals surface area contributed by atoms with Gasteiger partial charge < -0.3 is 9.84 Å². The van der Waals surface area contributed by atoms with Gasteiger partial charge in [-0.05, 0) is 0 Å². The quantitative estimate of drug-likeness (QED) is 0.435. The second kappa shape index (κ2) is 3.08. The minimum absolute atomic E-state index is 0.262. The maximum atomic E-state index is 13.7. The summed E-state index contributed by atoms with van der Waals surface area (Å²) in [5.41, 5.74) is -1.95. The van der Waals surface area contributed by atoms with E-state index in [4.69, 9.17) is 24.1 Å². The summed E-state index contributed by atoms with van der Waals surface area (Å²) in [6.45, 7) is 1.32. The van der Waals surface area contributed by atoms with Crippen molar-refractivity contribution in [2.45, 2.75) is 24.7 Å². The summed E-state index contributed by atoms with van der Waals surface area (Å²) in [6.07, 6.45) is 4.40. The van der Waals surface area contributed by atoms with Gasteiger partial charge in [0, 0.05) is 5.92 Å². The summed E-state index contributed by atoms with van der Waals surface area (Å²) in [5.74, 6) is 1.41. The highest BCUT2D eigenvalue weighted by molar-refractivity contribution is 6.12. The zero-order chi connectivity index (χ0) is 9.35. The fraction of sp³-hybridized carbons (Fsp3) is 0.750. The molecule has 1 heterocycles. The third-order valence-corrected chi connectivity index (χ3v) is 2.36. The van der Waals surface area contributed by atoms with E-state index < -0.39 is 23.7 Å². The van der Waals surface area contributed by atoms with Crippen LogP contribution in [0.2, 0.25) is 0 Å². The molecule has 1 N–H and O–H groups in total. The lowest BCUT2D eigenvalue weighted by molar-refractivity contribution is 0.0261. The Hall–Kier alpha value is -0.525. The first-order valence-electron chi connectivity index (χ1n) is 3.74. The van der Waals surface area contributed by atoms with Gasteiger partial charge >= 0.3 is 0 Å². The molecule has 0 amide bonds. The molecular formula is C8H10BFO2. The smallest absolute Gasteiger partial charge is 0.192 e. The third-order valence-electron chi connectivity index (χ3n) is 2.36. The van der Waals surface area contributed by atoms with Gasteiger partial charge in [0.05, 0.1) is 18.7 Å². The number of halogens is 1. The third kappa shape index (κ3) is 1.14. The number of ether oxygens (including phenoxy) is 1. The fourth-order valence-corrected chi connectivity index (χ4v) is 1.35. The Balaban J connectivity index is 2.85. The first-order chi connectivity index (χ1) is 5.56. The lowest BCUT2D eigenvalue weighted by Gasteiger charge is -2.21. The number of alkyl halides is 1. The Morgan fingerprint density at radius 2 is 2.42 bits per heavy atom. The molecule has 64 valence electrons. The van der Waals surface area contributed by atoms with E-state index in [0.29, 0.717) is 0 Å². The average Bonchev–Trinajstić information content (AvgIpc) is 2.30. The fourth-order valence-electron chi connectivity index (χ4n) is 1.35. The molecule has 2 nitrogen and oxygen atoms in total. The van der Waals surface area contributed by atoms with E-state index in [9.17, 15) is 4.39 Å². The van der Waals surface area contributed by atoms with Gasteiger partial charge in [0.2, 0.25) is 0 Å². The standard InChI is InChI=1S/C8H10BFO2/c1-3-8(10)5(2)6(4-11)12-7(8)9/h1,5-7,11H,4H2,2H3/t5-,6-,7-,8-/m1/s1. The second-order valence-electron chi connectivity index (χ2n) is 2.98. The number of hydrogen-bond acceptors (Lipinski definition) is 2. The van der Waals surface area contributed by atoms with E-state index in [2.05, 4.69) is 0 Å². The normalized spacial score (nSPS) is 47.3. The largest absolute Gasteiger partial charge is 0.394 e. The molecule has 0 bridgehead atoms. The first kappa shape index (κ1) is 9.56. The molecule has 1 aliphatic rings. The van der Waals surface area contributed by atoms with Crippen molar-refractivity contribution in [2.75, 3.05) is 6.61 Å². The van der Waals surface area contributed by atoms with Crippen LogP contribution in [0.1, 0.15) is 6.92 Å². The predicted molar refractivity (Wildman–Crippen MR) is 43.3 cm³/mol. The van der Waals surface area contributed by atoms with Crippen LogP contribution < -0.4 is 0 Å². The molecule has 0 spiro atoms. The van der Waals surface area contributed by atoms with Crippen molar-refractivity contribution in [1.82, 2.24) is 0 Å². The SMILES string of the molecule is [B][C@@H]1O[C@H](CO)[C@@H](C)[C@]1(F)C#C. The highest BCUT2D eigenvalue weighted by Gasteiger charge is 2.51. The van der Waals surface area contributed by atoms with E-state index in [0.717, 1.165) is 0 Å². The zero-order valence-electron chi connectivity index (χ0n) is 6.83. The Morgan fingerprint density at radius 1 is 1.83 bits per heavy atom. The van der Waals surface area contributed by atoms with E-state index in [-0.39, 0.29) is 6.61 Å². The second-order valence-corrected chi connectivity index (χ2v) is 2.98. The van der Waals surface area contributed by atoms with Crippen LogP contribution in [-0.4, -0.2) is 37.3 Å². The number of hydrogen-bond donors (Lipinski definition) is 1. The Bertz CT molecular complexity index is 216. The van der Waals surface area contributed by atoms with Crippen molar-refractivity contribution >= 4 is 7.85 Å². The summed E-state index contributed by atoms with van der Waals surface area (Å²) in [7, 11) is 5.33. The van der Waals surface area contributed by atoms with Crippen molar-refractivity contribution in [3.63, 3.8) is 0 Å². The van der Waals surface area contributed by atoms with Crippen LogP contribution in [0.5, 0.6) is 0 Å². The summed E-state index contributed by atoms with van der Waals surface area (Å²) >= 11 is 0. The van der Waals surface area contributed by atoms with E-state index in [1.165, 1.54) is 0 Å². The first-order valence-corrected chi connectivity index (χ1v) is 3.74. The number of terminal acetylenes is 1. The van der Waals surface area contributed by atoms with Crippen LogP contribution in [0.3, 0.4) is 0 Å².